The maximum atomic E-state index is 13.9. The lowest BCUT2D eigenvalue weighted by molar-refractivity contribution is 0.349. The number of anilines is 1. The third kappa shape index (κ3) is 4.81. The van der Waals surface area contributed by atoms with Crippen LogP contribution in [-0.4, -0.2) is 13.1 Å². The molecule has 1 aromatic rings. The maximum Gasteiger partial charge on any atom is 0.149 e. The molecule has 108 valence electrons. The molecule has 0 bridgehead atoms. The van der Waals surface area contributed by atoms with Gasteiger partial charge < -0.3 is 4.90 Å². The van der Waals surface area contributed by atoms with E-state index >= 15 is 0 Å². The Kier molecular flexibility index (Phi) is 5.77. The molecule has 0 N–H and O–H groups in total. The van der Waals surface area contributed by atoms with E-state index in [0.29, 0.717) is 5.69 Å². The average Bonchev–Trinajstić information content (AvgIpc) is 2.35. The topological polar surface area (TPSA) is 3.24 Å². The van der Waals surface area contributed by atoms with Crippen LogP contribution in [0.25, 0.3) is 0 Å². The minimum atomic E-state index is -0.522. The normalized spacial score (nSPS) is 11.7. The highest BCUT2D eigenvalue weighted by molar-refractivity contribution is 5.48. The van der Waals surface area contributed by atoms with Crippen LogP contribution in [0.5, 0.6) is 0 Å². The maximum absolute atomic E-state index is 13.9. The predicted molar refractivity (Wildman–Crippen MR) is 77.6 cm³/mol. The Morgan fingerprint density at radius 2 is 1.84 bits per heavy atom. The Bertz CT molecular complexity index is 402. The molecule has 0 aliphatic heterocycles. The lowest BCUT2D eigenvalue weighted by Crippen LogP contribution is -2.35. The fraction of sp³-hybridized carbons (Fsp3) is 0.625. The van der Waals surface area contributed by atoms with Crippen molar-refractivity contribution in [3.63, 3.8) is 0 Å². The molecule has 0 aliphatic rings. The molecule has 3 heteroatoms. The minimum absolute atomic E-state index is 0.120. The highest BCUT2D eigenvalue weighted by atomic mass is 19.1. The highest BCUT2D eigenvalue weighted by Gasteiger charge is 2.21. The molecule has 0 aromatic heterocycles. The molecule has 0 unspecified atom stereocenters. The van der Waals surface area contributed by atoms with Crippen LogP contribution in [0.4, 0.5) is 14.5 Å². The van der Waals surface area contributed by atoms with Gasteiger partial charge in [-0.2, -0.15) is 0 Å². The molecule has 1 nitrogen and oxygen atoms in total. The predicted octanol–water partition coefficient (Wildman–Crippen LogP) is 5.01. The molecule has 0 amide bonds. The van der Waals surface area contributed by atoms with Crippen molar-refractivity contribution in [2.24, 2.45) is 5.41 Å². The molecule has 0 heterocycles. The number of hydrogen-bond acceptors (Lipinski definition) is 1. The first-order valence-corrected chi connectivity index (χ1v) is 7.09. The summed E-state index contributed by atoms with van der Waals surface area (Å²) in [5, 5.41) is 0. The Labute approximate surface area is 115 Å². The summed E-state index contributed by atoms with van der Waals surface area (Å²) in [6.45, 7) is 10.2. The van der Waals surface area contributed by atoms with Crippen molar-refractivity contribution in [2.45, 2.75) is 47.0 Å². The summed E-state index contributed by atoms with van der Waals surface area (Å²) in [5.41, 5.74) is 0.630. The van der Waals surface area contributed by atoms with Crippen molar-refractivity contribution in [3.05, 3.63) is 29.8 Å². The summed E-state index contributed by atoms with van der Waals surface area (Å²) >= 11 is 0. The third-order valence-corrected chi connectivity index (χ3v) is 3.61. The van der Waals surface area contributed by atoms with Crippen molar-refractivity contribution in [2.75, 3.05) is 18.0 Å². The molecule has 1 aromatic carbocycles. The van der Waals surface area contributed by atoms with Crippen LogP contribution in [-0.2, 0) is 0 Å². The zero-order chi connectivity index (χ0) is 14.5. The van der Waals surface area contributed by atoms with Crippen LogP contribution < -0.4 is 4.90 Å². The monoisotopic (exact) mass is 269 g/mol. The quantitative estimate of drug-likeness (QED) is 0.672. The number of rotatable bonds is 7. The second-order valence-corrected chi connectivity index (χ2v) is 5.89. The van der Waals surface area contributed by atoms with Gasteiger partial charge in [0.25, 0.3) is 0 Å². The van der Waals surface area contributed by atoms with Crippen molar-refractivity contribution >= 4 is 5.69 Å². The van der Waals surface area contributed by atoms with E-state index in [4.69, 9.17) is 0 Å². The van der Waals surface area contributed by atoms with E-state index in [2.05, 4.69) is 27.7 Å². The first-order chi connectivity index (χ1) is 8.89. The largest absolute Gasteiger partial charge is 0.369 e. The van der Waals surface area contributed by atoms with Gasteiger partial charge in [-0.15, -0.1) is 0 Å². The Morgan fingerprint density at radius 1 is 1.16 bits per heavy atom. The number of unbranched alkanes of at least 4 members (excludes halogenated alkanes) is 1. The van der Waals surface area contributed by atoms with E-state index in [0.717, 1.165) is 38.4 Å². The van der Waals surface area contributed by atoms with Gasteiger partial charge in [-0.05, 0) is 30.4 Å². The van der Waals surface area contributed by atoms with Gasteiger partial charge in [-0.1, -0.05) is 34.1 Å². The molecule has 0 saturated heterocycles. The zero-order valence-corrected chi connectivity index (χ0v) is 12.5. The van der Waals surface area contributed by atoms with Crippen LogP contribution in [0, 0.1) is 17.0 Å². The van der Waals surface area contributed by atoms with Crippen molar-refractivity contribution < 1.29 is 8.78 Å². The van der Waals surface area contributed by atoms with Crippen LogP contribution in [0.1, 0.15) is 47.0 Å². The van der Waals surface area contributed by atoms with Crippen molar-refractivity contribution in [3.8, 4) is 0 Å². The second kappa shape index (κ2) is 6.88. The second-order valence-electron chi connectivity index (χ2n) is 5.89. The first-order valence-electron chi connectivity index (χ1n) is 7.09. The van der Waals surface area contributed by atoms with E-state index in [1.54, 1.807) is 6.07 Å². The van der Waals surface area contributed by atoms with Crippen molar-refractivity contribution in [1.29, 1.82) is 0 Å². The number of halogens is 2. The molecule has 0 spiro atoms. The highest BCUT2D eigenvalue weighted by Crippen LogP contribution is 2.27. The first kappa shape index (κ1) is 15.9. The Morgan fingerprint density at radius 3 is 2.37 bits per heavy atom. The molecule has 0 fully saturated rings. The van der Waals surface area contributed by atoms with Gasteiger partial charge in [0.2, 0.25) is 0 Å². The van der Waals surface area contributed by atoms with Gasteiger partial charge in [0.05, 0.1) is 5.69 Å². The van der Waals surface area contributed by atoms with Crippen LogP contribution >= 0.6 is 0 Å². The summed E-state index contributed by atoms with van der Waals surface area (Å²) in [4.78, 5) is 2.04. The smallest absolute Gasteiger partial charge is 0.149 e. The lowest BCUT2D eigenvalue weighted by atomic mass is 9.89. The summed E-state index contributed by atoms with van der Waals surface area (Å²) in [5.74, 6) is -0.991. The van der Waals surface area contributed by atoms with Gasteiger partial charge in [0, 0.05) is 19.2 Å². The van der Waals surface area contributed by atoms with E-state index in [9.17, 15) is 8.78 Å². The fourth-order valence-electron chi connectivity index (χ4n) is 2.00. The van der Waals surface area contributed by atoms with Crippen molar-refractivity contribution in [1.82, 2.24) is 0 Å². The summed E-state index contributed by atoms with van der Waals surface area (Å²) < 4.78 is 26.9. The van der Waals surface area contributed by atoms with Crippen LogP contribution in [0.15, 0.2) is 18.2 Å². The number of hydrogen-bond donors (Lipinski definition) is 0. The van der Waals surface area contributed by atoms with Gasteiger partial charge in [0.1, 0.15) is 11.6 Å². The minimum Gasteiger partial charge on any atom is -0.369 e. The van der Waals surface area contributed by atoms with Gasteiger partial charge >= 0.3 is 0 Å². The van der Waals surface area contributed by atoms with Gasteiger partial charge in [0.15, 0.2) is 0 Å². The standard InChI is InChI=1S/C16H25F2N/c1-5-7-10-19(12-16(3,4)6-2)15-9-8-13(17)11-14(15)18/h8-9,11H,5-7,10,12H2,1-4H3. The van der Waals surface area contributed by atoms with Crippen LogP contribution in [0.2, 0.25) is 0 Å². The van der Waals surface area contributed by atoms with E-state index in [1.165, 1.54) is 6.07 Å². The summed E-state index contributed by atoms with van der Waals surface area (Å²) in [7, 11) is 0. The summed E-state index contributed by atoms with van der Waals surface area (Å²) in [6.07, 6.45) is 3.10. The Hall–Kier alpha value is -1.12. The molecule has 0 radical (unpaired) electrons. The third-order valence-electron chi connectivity index (χ3n) is 3.61. The summed E-state index contributed by atoms with van der Waals surface area (Å²) in [6, 6.07) is 3.84. The van der Waals surface area contributed by atoms with Crippen LogP contribution in [0.3, 0.4) is 0 Å². The Balaban J connectivity index is 2.95. The van der Waals surface area contributed by atoms with E-state index in [1.807, 2.05) is 4.90 Å². The van der Waals surface area contributed by atoms with E-state index in [-0.39, 0.29) is 5.41 Å². The molecule has 19 heavy (non-hydrogen) atoms. The molecular formula is C16H25F2N. The average molecular weight is 269 g/mol. The lowest BCUT2D eigenvalue weighted by Gasteiger charge is -2.34. The molecule has 0 saturated carbocycles. The van der Waals surface area contributed by atoms with E-state index < -0.39 is 11.6 Å². The number of nitrogens with zero attached hydrogens (tertiary/aromatic N) is 1. The molecular weight excluding hydrogens is 244 g/mol. The number of benzene rings is 1. The van der Waals surface area contributed by atoms with Gasteiger partial charge in [-0.3, -0.25) is 0 Å². The molecule has 1 rings (SSSR count). The molecule has 0 aliphatic carbocycles. The molecule has 0 atom stereocenters. The van der Waals surface area contributed by atoms with Gasteiger partial charge in [-0.25, -0.2) is 8.78 Å². The zero-order valence-electron chi connectivity index (χ0n) is 12.5. The SMILES string of the molecule is CCCCN(CC(C)(C)CC)c1ccc(F)cc1F. The fourth-order valence-corrected chi connectivity index (χ4v) is 2.00.